The van der Waals surface area contributed by atoms with E-state index in [1.54, 1.807) is 6.92 Å². The summed E-state index contributed by atoms with van der Waals surface area (Å²) in [6.07, 6.45) is 1.21. The van der Waals surface area contributed by atoms with Crippen molar-refractivity contribution in [1.29, 1.82) is 0 Å². The zero-order valence-corrected chi connectivity index (χ0v) is 11.2. The fourth-order valence-electron chi connectivity index (χ4n) is 1.64. The molecule has 0 aliphatic heterocycles. The molecule has 0 aliphatic carbocycles. The predicted molar refractivity (Wildman–Crippen MR) is 71.9 cm³/mol. The third-order valence-corrected chi connectivity index (χ3v) is 3.65. The molecular weight excluding hydrogens is 284 g/mol. The van der Waals surface area contributed by atoms with Gasteiger partial charge in [-0.3, -0.25) is 4.79 Å². The number of primary sulfonamides is 1. The number of amides is 1. The second-order valence-electron chi connectivity index (χ2n) is 4.14. The van der Waals surface area contributed by atoms with E-state index in [0.717, 1.165) is 0 Å². The van der Waals surface area contributed by atoms with Gasteiger partial charge in [0.1, 0.15) is 5.69 Å². The molecule has 0 unspecified atom stereocenters. The highest BCUT2D eigenvalue weighted by atomic mass is 32.2. The first-order valence-electron chi connectivity index (χ1n) is 5.50. The van der Waals surface area contributed by atoms with E-state index in [-0.39, 0.29) is 16.3 Å². The number of benzene rings is 1. The van der Waals surface area contributed by atoms with Gasteiger partial charge in [0, 0.05) is 11.9 Å². The lowest BCUT2D eigenvalue weighted by Gasteiger charge is -2.08. The Kier molecular flexibility index (Phi) is 3.47. The number of hydrogen-bond acceptors (Lipinski definition) is 4. The Hall–Kier alpha value is -2.39. The van der Waals surface area contributed by atoms with Gasteiger partial charge in [-0.1, -0.05) is 6.07 Å². The maximum Gasteiger partial charge on any atom is 0.323 e. The number of sulfonamides is 1. The summed E-state index contributed by atoms with van der Waals surface area (Å²) in [5, 5.41) is 7.54. The van der Waals surface area contributed by atoms with Gasteiger partial charge in [-0.2, -0.15) is 0 Å². The van der Waals surface area contributed by atoms with E-state index in [0.29, 0.717) is 5.56 Å². The molecule has 1 aromatic heterocycles. The SMILES string of the molecule is Cc1ccc(NC(=O)c2c[nH]c(=O)[nH]2)cc1S(N)(=O)=O. The number of nitrogens with one attached hydrogen (secondary N) is 3. The predicted octanol–water partition coefficient (Wildman–Crippen LogP) is -0.0889. The number of aryl methyl sites for hydroxylation is 1. The molecule has 1 amide bonds. The second kappa shape index (κ2) is 4.94. The number of nitrogens with two attached hydrogens (primary N) is 1. The molecule has 1 aromatic carbocycles. The Bertz CT molecular complexity index is 819. The number of rotatable bonds is 3. The quantitative estimate of drug-likeness (QED) is 0.628. The van der Waals surface area contributed by atoms with Crippen molar-refractivity contribution in [1.82, 2.24) is 9.97 Å². The Balaban J connectivity index is 2.31. The molecule has 0 saturated heterocycles. The normalized spacial score (nSPS) is 11.3. The van der Waals surface area contributed by atoms with Crippen molar-refractivity contribution in [3.05, 3.63) is 46.1 Å². The highest BCUT2D eigenvalue weighted by Crippen LogP contribution is 2.19. The lowest BCUT2D eigenvalue weighted by atomic mass is 10.2. The maximum atomic E-state index is 11.8. The molecule has 0 atom stereocenters. The van der Waals surface area contributed by atoms with Crippen LogP contribution < -0.4 is 16.1 Å². The van der Waals surface area contributed by atoms with Gasteiger partial charge >= 0.3 is 5.69 Å². The average Bonchev–Trinajstić information content (AvgIpc) is 2.77. The van der Waals surface area contributed by atoms with Crippen molar-refractivity contribution >= 4 is 21.6 Å². The lowest BCUT2D eigenvalue weighted by molar-refractivity contribution is 0.102. The number of aromatic amines is 2. The first-order valence-corrected chi connectivity index (χ1v) is 7.04. The van der Waals surface area contributed by atoms with Crippen molar-refractivity contribution in [2.75, 3.05) is 5.32 Å². The van der Waals surface area contributed by atoms with Gasteiger partial charge in [0.05, 0.1) is 4.90 Å². The summed E-state index contributed by atoms with van der Waals surface area (Å²) < 4.78 is 22.8. The van der Waals surface area contributed by atoms with Crippen LogP contribution in [0.25, 0.3) is 0 Å². The van der Waals surface area contributed by atoms with Crippen LogP contribution in [0.4, 0.5) is 5.69 Å². The molecule has 0 spiro atoms. The zero-order valence-electron chi connectivity index (χ0n) is 10.4. The van der Waals surface area contributed by atoms with Crippen molar-refractivity contribution in [3.8, 4) is 0 Å². The van der Waals surface area contributed by atoms with Gasteiger partial charge in [-0.15, -0.1) is 0 Å². The van der Waals surface area contributed by atoms with Crippen LogP contribution >= 0.6 is 0 Å². The minimum Gasteiger partial charge on any atom is -0.321 e. The molecular formula is C11H12N4O4S. The summed E-state index contributed by atoms with van der Waals surface area (Å²) in [6.45, 7) is 1.59. The number of carbonyl (C=O) groups excluding carboxylic acids is 1. The van der Waals surface area contributed by atoms with Gasteiger partial charge in [0.15, 0.2) is 0 Å². The summed E-state index contributed by atoms with van der Waals surface area (Å²) >= 11 is 0. The van der Waals surface area contributed by atoms with Crippen LogP contribution in [-0.4, -0.2) is 24.3 Å². The van der Waals surface area contributed by atoms with Crippen LogP contribution in [0.2, 0.25) is 0 Å². The standard InChI is InChI=1S/C11H12N4O4S/c1-6-2-3-7(4-9(6)20(12,18)19)14-10(16)8-5-13-11(17)15-8/h2-5H,1H3,(H,14,16)(H2,12,18,19)(H2,13,15,17). The summed E-state index contributed by atoms with van der Waals surface area (Å²) in [6, 6.07) is 4.31. The fraction of sp³-hybridized carbons (Fsp3) is 0.0909. The molecule has 8 nitrogen and oxygen atoms in total. The number of carbonyl (C=O) groups is 1. The van der Waals surface area contributed by atoms with E-state index in [4.69, 9.17) is 5.14 Å². The summed E-state index contributed by atoms with van der Waals surface area (Å²) in [5.41, 5.74) is 0.254. The van der Waals surface area contributed by atoms with Crippen LogP contribution in [0.15, 0.2) is 34.1 Å². The Morgan fingerprint density at radius 3 is 2.60 bits per heavy atom. The van der Waals surface area contributed by atoms with Crippen LogP contribution in [0.1, 0.15) is 16.1 Å². The first kappa shape index (κ1) is 14.0. The van der Waals surface area contributed by atoms with E-state index in [2.05, 4.69) is 15.3 Å². The lowest BCUT2D eigenvalue weighted by Crippen LogP contribution is -2.16. The van der Waals surface area contributed by atoms with Gasteiger partial charge in [0.2, 0.25) is 10.0 Å². The molecule has 9 heteroatoms. The van der Waals surface area contributed by atoms with Gasteiger partial charge in [-0.05, 0) is 24.6 Å². The van der Waals surface area contributed by atoms with Gasteiger partial charge in [-0.25, -0.2) is 18.4 Å². The number of aromatic nitrogens is 2. The minimum atomic E-state index is -3.87. The van der Waals surface area contributed by atoms with Crippen LogP contribution in [0.5, 0.6) is 0 Å². The average molecular weight is 296 g/mol. The monoisotopic (exact) mass is 296 g/mol. The third-order valence-electron chi connectivity index (χ3n) is 2.59. The number of anilines is 1. The second-order valence-corrected chi connectivity index (χ2v) is 5.67. The molecule has 0 bridgehead atoms. The van der Waals surface area contributed by atoms with Crippen molar-refractivity contribution in [2.24, 2.45) is 5.14 Å². The molecule has 5 N–H and O–H groups in total. The molecule has 20 heavy (non-hydrogen) atoms. The summed E-state index contributed by atoms with van der Waals surface area (Å²) in [4.78, 5) is 27.2. The van der Waals surface area contributed by atoms with Crippen molar-refractivity contribution in [2.45, 2.75) is 11.8 Å². The Morgan fingerprint density at radius 2 is 2.05 bits per heavy atom. The van der Waals surface area contributed by atoms with Gasteiger partial charge < -0.3 is 15.3 Å². The largest absolute Gasteiger partial charge is 0.323 e. The molecule has 106 valence electrons. The van der Waals surface area contributed by atoms with E-state index < -0.39 is 21.6 Å². The highest BCUT2D eigenvalue weighted by molar-refractivity contribution is 7.89. The van der Waals surface area contributed by atoms with Crippen molar-refractivity contribution < 1.29 is 13.2 Å². The topological polar surface area (TPSA) is 138 Å². The number of H-pyrrole nitrogens is 2. The highest BCUT2D eigenvalue weighted by Gasteiger charge is 2.14. The van der Waals surface area contributed by atoms with E-state index in [1.807, 2.05) is 0 Å². The summed E-state index contributed by atoms with van der Waals surface area (Å²) in [5.74, 6) is -0.576. The van der Waals surface area contributed by atoms with Gasteiger partial charge in [0.25, 0.3) is 5.91 Å². The third kappa shape index (κ3) is 2.95. The van der Waals surface area contributed by atoms with E-state index >= 15 is 0 Å². The van der Waals surface area contributed by atoms with E-state index in [9.17, 15) is 18.0 Å². The van der Waals surface area contributed by atoms with Crippen LogP contribution in [0.3, 0.4) is 0 Å². The van der Waals surface area contributed by atoms with Crippen molar-refractivity contribution in [3.63, 3.8) is 0 Å². The first-order chi connectivity index (χ1) is 9.27. The Labute approximate surface area is 114 Å². The molecule has 0 fully saturated rings. The van der Waals surface area contributed by atoms with Crippen LogP contribution in [0, 0.1) is 6.92 Å². The molecule has 2 rings (SSSR count). The molecule has 2 aromatic rings. The maximum absolute atomic E-state index is 11.8. The molecule has 1 heterocycles. The smallest absolute Gasteiger partial charge is 0.321 e. The fourth-order valence-corrected chi connectivity index (χ4v) is 2.45. The van der Waals surface area contributed by atoms with E-state index in [1.165, 1.54) is 24.4 Å². The molecule has 0 aliphatic rings. The Morgan fingerprint density at radius 1 is 1.35 bits per heavy atom. The molecule has 0 radical (unpaired) electrons. The molecule has 0 saturated carbocycles. The number of hydrogen-bond donors (Lipinski definition) is 4. The number of imidazole rings is 1. The van der Waals surface area contributed by atoms with Crippen LogP contribution in [-0.2, 0) is 10.0 Å². The summed E-state index contributed by atoms with van der Waals surface area (Å²) in [7, 11) is -3.87. The minimum absolute atomic E-state index is 0.0349. The zero-order chi connectivity index (χ0) is 14.9.